The van der Waals surface area contributed by atoms with Crippen molar-refractivity contribution in [2.75, 3.05) is 31.6 Å². The van der Waals surface area contributed by atoms with Crippen LogP contribution in [0.15, 0.2) is 29.3 Å². The molecule has 1 amide bonds. The van der Waals surface area contributed by atoms with Gasteiger partial charge in [0.1, 0.15) is 6.10 Å². The number of carbonyl (C=O) groups is 1. The molecule has 3 rings (SSSR count). The topological polar surface area (TPSA) is 66.0 Å². The molecule has 6 nitrogen and oxygen atoms in total. The molecule has 1 atom stereocenters. The second-order valence-corrected chi connectivity index (χ2v) is 8.20. The van der Waals surface area contributed by atoms with Gasteiger partial charge in [-0.2, -0.15) is 0 Å². The molecule has 0 aliphatic carbocycles. The highest BCUT2D eigenvalue weighted by molar-refractivity contribution is 5.94. The third kappa shape index (κ3) is 5.45. The summed E-state index contributed by atoms with van der Waals surface area (Å²) in [6.07, 6.45) is 2.62. The second-order valence-electron chi connectivity index (χ2n) is 8.20. The molecule has 2 saturated heterocycles. The first-order valence-corrected chi connectivity index (χ1v) is 10.0. The van der Waals surface area contributed by atoms with Crippen molar-refractivity contribution in [1.29, 1.82) is 0 Å². The standard InChI is InChI=1S/C21H32N4O2/c1-4-22-20(25-11-10-21(2,3)15-25)23-14-16-7-5-8-17(13-16)24-19(26)18-9-6-12-27-18/h5,7-8,13,18H,4,6,9-12,14-15H2,1-3H3,(H,22,23)(H,24,26). The van der Waals surface area contributed by atoms with E-state index in [9.17, 15) is 4.79 Å². The minimum absolute atomic E-state index is 0.0548. The summed E-state index contributed by atoms with van der Waals surface area (Å²) < 4.78 is 5.45. The van der Waals surface area contributed by atoms with Crippen molar-refractivity contribution in [2.45, 2.75) is 52.7 Å². The molecule has 1 aromatic carbocycles. The normalized spacial score (nSPS) is 22.1. The van der Waals surface area contributed by atoms with Gasteiger partial charge in [0.25, 0.3) is 5.91 Å². The van der Waals surface area contributed by atoms with Gasteiger partial charge in [-0.25, -0.2) is 4.99 Å². The summed E-state index contributed by atoms with van der Waals surface area (Å²) >= 11 is 0. The quantitative estimate of drug-likeness (QED) is 0.616. The Balaban J connectivity index is 1.63. The molecular weight excluding hydrogens is 340 g/mol. The van der Waals surface area contributed by atoms with Crippen LogP contribution in [-0.2, 0) is 16.1 Å². The van der Waals surface area contributed by atoms with E-state index in [0.29, 0.717) is 18.6 Å². The van der Waals surface area contributed by atoms with Gasteiger partial charge in [-0.15, -0.1) is 0 Å². The summed E-state index contributed by atoms with van der Waals surface area (Å²) in [5, 5.41) is 6.37. The number of aliphatic imine (C=N–C) groups is 1. The first-order chi connectivity index (χ1) is 13.0. The maximum absolute atomic E-state index is 12.2. The van der Waals surface area contributed by atoms with Crippen LogP contribution in [0, 0.1) is 5.41 Å². The van der Waals surface area contributed by atoms with Crippen LogP contribution in [0.2, 0.25) is 0 Å². The monoisotopic (exact) mass is 372 g/mol. The number of ether oxygens (including phenoxy) is 1. The molecule has 0 radical (unpaired) electrons. The van der Waals surface area contributed by atoms with Gasteiger partial charge >= 0.3 is 0 Å². The molecule has 0 saturated carbocycles. The Morgan fingerprint density at radius 1 is 1.41 bits per heavy atom. The first-order valence-electron chi connectivity index (χ1n) is 10.0. The molecule has 0 spiro atoms. The lowest BCUT2D eigenvalue weighted by molar-refractivity contribution is -0.124. The van der Waals surface area contributed by atoms with Crippen molar-refractivity contribution in [1.82, 2.24) is 10.2 Å². The van der Waals surface area contributed by atoms with E-state index in [2.05, 4.69) is 36.3 Å². The van der Waals surface area contributed by atoms with E-state index in [-0.39, 0.29) is 12.0 Å². The third-order valence-corrected chi connectivity index (χ3v) is 5.14. The van der Waals surface area contributed by atoms with Crippen molar-refractivity contribution in [3.63, 3.8) is 0 Å². The highest BCUT2D eigenvalue weighted by Crippen LogP contribution is 2.28. The van der Waals surface area contributed by atoms with E-state index < -0.39 is 0 Å². The molecular formula is C21H32N4O2. The Bertz CT molecular complexity index is 681. The minimum Gasteiger partial charge on any atom is -0.368 e. The van der Waals surface area contributed by atoms with Crippen molar-refractivity contribution in [3.8, 4) is 0 Å². The summed E-state index contributed by atoms with van der Waals surface area (Å²) in [7, 11) is 0. The summed E-state index contributed by atoms with van der Waals surface area (Å²) in [5.41, 5.74) is 2.22. The molecule has 1 aromatic rings. The van der Waals surface area contributed by atoms with E-state index in [1.54, 1.807) is 0 Å². The van der Waals surface area contributed by atoms with Gasteiger partial charge in [-0.1, -0.05) is 26.0 Å². The molecule has 27 heavy (non-hydrogen) atoms. The van der Waals surface area contributed by atoms with Crippen LogP contribution in [0.5, 0.6) is 0 Å². The van der Waals surface area contributed by atoms with E-state index >= 15 is 0 Å². The van der Waals surface area contributed by atoms with Crippen molar-refractivity contribution >= 4 is 17.6 Å². The zero-order valence-electron chi connectivity index (χ0n) is 16.8. The fourth-order valence-electron chi connectivity index (χ4n) is 3.64. The summed E-state index contributed by atoms with van der Waals surface area (Å²) in [4.78, 5) is 19.4. The average Bonchev–Trinajstić information content (AvgIpc) is 3.28. The summed E-state index contributed by atoms with van der Waals surface area (Å²) in [5.74, 6) is 0.914. The smallest absolute Gasteiger partial charge is 0.253 e. The van der Waals surface area contributed by atoms with Crippen LogP contribution >= 0.6 is 0 Å². The Hall–Kier alpha value is -2.08. The number of hydrogen-bond donors (Lipinski definition) is 2. The van der Waals surface area contributed by atoms with Gasteiger partial charge in [-0.3, -0.25) is 4.79 Å². The van der Waals surface area contributed by atoms with Crippen LogP contribution in [0.3, 0.4) is 0 Å². The predicted molar refractivity (Wildman–Crippen MR) is 109 cm³/mol. The van der Waals surface area contributed by atoms with Crippen molar-refractivity contribution < 1.29 is 9.53 Å². The van der Waals surface area contributed by atoms with E-state index in [1.165, 1.54) is 6.42 Å². The second kappa shape index (κ2) is 8.74. The van der Waals surface area contributed by atoms with Gasteiger partial charge in [0, 0.05) is 31.9 Å². The summed E-state index contributed by atoms with van der Waals surface area (Å²) in [6.45, 7) is 10.9. The lowest BCUT2D eigenvalue weighted by Gasteiger charge is -2.23. The molecule has 2 fully saturated rings. The third-order valence-electron chi connectivity index (χ3n) is 5.14. The highest BCUT2D eigenvalue weighted by atomic mass is 16.5. The van der Waals surface area contributed by atoms with Gasteiger partial charge < -0.3 is 20.3 Å². The molecule has 2 aliphatic rings. The fraction of sp³-hybridized carbons (Fsp3) is 0.619. The number of carbonyl (C=O) groups excluding carboxylic acids is 1. The van der Waals surface area contributed by atoms with Crippen LogP contribution in [0.25, 0.3) is 0 Å². The summed E-state index contributed by atoms with van der Waals surface area (Å²) in [6, 6.07) is 7.91. The number of guanidine groups is 1. The molecule has 6 heteroatoms. The van der Waals surface area contributed by atoms with Crippen LogP contribution in [0.4, 0.5) is 5.69 Å². The molecule has 0 bridgehead atoms. The molecule has 0 aromatic heterocycles. The van der Waals surface area contributed by atoms with E-state index in [0.717, 1.165) is 49.7 Å². The molecule has 1 unspecified atom stereocenters. The number of amides is 1. The number of nitrogens with one attached hydrogen (secondary N) is 2. The van der Waals surface area contributed by atoms with Crippen LogP contribution < -0.4 is 10.6 Å². The SMILES string of the molecule is CCNC(=NCc1cccc(NC(=O)C2CCCO2)c1)N1CCC(C)(C)C1. The molecule has 148 valence electrons. The van der Waals surface area contributed by atoms with Crippen LogP contribution in [0.1, 0.15) is 45.6 Å². The molecule has 2 heterocycles. The fourth-order valence-corrected chi connectivity index (χ4v) is 3.64. The van der Waals surface area contributed by atoms with Crippen LogP contribution in [-0.4, -0.2) is 49.1 Å². The average molecular weight is 373 g/mol. The van der Waals surface area contributed by atoms with E-state index in [4.69, 9.17) is 9.73 Å². The number of nitrogens with zero attached hydrogens (tertiary/aromatic N) is 2. The number of benzene rings is 1. The molecule has 2 aliphatic heterocycles. The zero-order valence-corrected chi connectivity index (χ0v) is 16.8. The Morgan fingerprint density at radius 3 is 2.93 bits per heavy atom. The van der Waals surface area contributed by atoms with Crippen molar-refractivity contribution in [3.05, 3.63) is 29.8 Å². The molecule has 2 N–H and O–H groups in total. The Kier molecular flexibility index (Phi) is 6.37. The van der Waals surface area contributed by atoms with Gasteiger partial charge in [0.05, 0.1) is 6.54 Å². The van der Waals surface area contributed by atoms with Crippen molar-refractivity contribution in [2.24, 2.45) is 10.4 Å². The highest BCUT2D eigenvalue weighted by Gasteiger charge is 2.30. The number of rotatable bonds is 5. The maximum Gasteiger partial charge on any atom is 0.253 e. The predicted octanol–water partition coefficient (Wildman–Crippen LogP) is 3.00. The minimum atomic E-state index is -0.314. The maximum atomic E-state index is 12.2. The lowest BCUT2D eigenvalue weighted by atomic mass is 9.93. The Labute approximate surface area is 162 Å². The Morgan fingerprint density at radius 2 is 2.26 bits per heavy atom. The number of hydrogen-bond acceptors (Lipinski definition) is 3. The first kappa shape index (κ1) is 19.7. The largest absolute Gasteiger partial charge is 0.368 e. The number of anilines is 1. The lowest BCUT2D eigenvalue weighted by Crippen LogP contribution is -2.40. The van der Waals surface area contributed by atoms with Gasteiger partial charge in [0.2, 0.25) is 0 Å². The van der Waals surface area contributed by atoms with Gasteiger partial charge in [0.15, 0.2) is 5.96 Å². The van der Waals surface area contributed by atoms with Gasteiger partial charge in [-0.05, 0) is 49.3 Å². The number of likely N-dealkylation sites (tertiary alicyclic amines) is 1. The van der Waals surface area contributed by atoms with E-state index in [1.807, 2.05) is 24.3 Å². The zero-order chi connectivity index (χ0) is 19.3.